The summed E-state index contributed by atoms with van der Waals surface area (Å²) < 4.78 is 23.4. The zero-order chi connectivity index (χ0) is 45.6. The molecule has 8 rings (SSSR count). The van der Waals surface area contributed by atoms with Crippen LogP contribution >= 0.6 is 0 Å². The molecule has 4 N–H and O–H groups in total. The molecule has 2 atom stereocenters. The van der Waals surface area contributed by atoms with Gasteiger partial charge in [0.25, 0.3) is 0 Å². The molecule has 0 aromatic heterocycles. The van der Waals surface area contributed by atoms with Crippen LogP contribution in [-0.4, -0.2) is 50.5 Å². The van der Waals surface area contributed by atoms with E-state index in [0.29, 0.717) is 56.4 Å². The quantitative estimate of drug-likeness (QED) is 0.0707. The van der Waals surface area contributed by atoms with E-state index in [1.54, 1.807) is 97.1 Å². The van der Waals surface area contributed by atoms with Gasteiger partial charge in [-0.2, -0.15) is 0 Å². The number of benzene rings is 8. The number of carbonyl (C=O) groups excluding carboxylic acids is 2. The molecule has 0 heterocycles. The molecule has 65 heavy (non-hydrogen) atoms. The Bertz CT molecular complexity index is 2690. The molecule has 0 bridgehead atoms. The number of fused-ring (bicyclic) bond motifs is 2. The number of methoxy groups -OCH3 is 4. The first-order valence-electron chi connectivity index (χ1n) is 21.2. The van der Waals surface area contributed by atoms with Gasteiger partial charge < -0.3 is 39.8 Å². The zero-order valence-electron chi connectivity index (χ0n) is 36.5. The number of ether oxygens (including phenoxy) is 4. The fourth-order valence-electron chi connectivity index (χ4n) is 8.95. The molecule has 0 aliphatic heterocycles. The second-order valence-corrected chi connectivity index (χ2v) is 15.7. The predicted octanol–water partition coefficient (Wildman–Crippen LogP) is 9.30. The van der Waals surface area contributed by atoms with E-state index >= 15 is 0 Å². The Balaban J connectivity index is 1.25. The third-order valence-corrected chi connectivity index (χ3v) is 12.1. The van der Waals surface area contributed by atoms with Crippen LogP contribution in [0.25, 0.3) is 21.5 Å². The van der Waals surface area contributed by atoms with Crippen molar-refractivity contribution in [3.8, 4) is 23.0 Å². The summed E-state index contributed by atoms with van der Waals surface area (Å²) >= 11 is 0. The second kappa shape index (κ2) is 19.0. The summed E-state index contributed by atoms with van der Waals surface area (Å²) in [5.74, 6) is 0.0408. The molecule has 8 aromatic rings. The summed E-state index contributed by atoms with van der Waals surface area (Å²) in [4.78, 5) is 29.5. The Morgan fingerprint density at radius 1 is 0.415 bits per heavy atom. The molecule has 0 aliphatic rings. The van der Waals surface area contributed by atoms with Gasteiger partial charge >= 0.3 is 0 Å². The minimum absolute atomic E-state index is 0.352. The predicted molar refractivity (Wildman–Crippen MR) is 252 cm³/mol. The van der Waals surface area contributed by atoms with Crippen LogP contribution < -0.4 is 29.6 Å². The normalized spacial score (nSPS) is 12.5. The number of para-hydroxylation sites is 4. The fraction of sp³-hybridized carbons (Fsp3) is 0.164. The van der Waals surface area contributed by atoms with Gasteiger partial charge in [-0.1, -0.05) is 146 Å². The largest absolute Gasteiger partial charge is 0.496 e. The van der Waals surface area contributed by atoms with Gasteiger partial charge in [0.15, 0.2) is 0 Å². The second-order valence-electron chi connectivity index (χ2n) is 15.7. The topological polar surface area (TPSA) is 136 Å². The van der Waals surface area contributed by atoms with Gasteiger partial charge in [-0.25, -0.2) is 0 Å². The van der Waals surface area contributed by atoms with Crippen LogP contribution in [0.1, 0.15) is 51.9 Å². The highest BCUT2D eigenvalue weighted by molar-refractivity contribution is 5.97. The van der Waals surface area contributed by atoms with Crippen LogP contribution in [0.3, 0.4) is 0 Å². The van der Waals surface area contributed by atoms with Crippen molar-refractivity contribution < 1.29 is 38.7 Å². The van der Waals surface area contributed by atoms with Crippen LogP contribution in [0.2, 0.25) is 0 Å². The minimum Gasteiger partial charge on any atom is -0.496 e. The molecule has 10 heteroatoms. The SMILES string of the molecule is COc1ccccc1C(O)(c1ccccc1OC)[C@H](NC(=O)CC(=O)N[C@H](c1ccc2ccccc2c1)C(O)(c1ccccc1OC)c1ccccc1OC)c1ccc2ccccc2c1. The van der Waals surface area contributed by atoms with E-state index in [1.807, 2.05) is 84.9 Å². The third kappa shape index (κ3) is 8.45. The first-order chi connectivity index (χ1) is 31.6. The Hall–Kier alpha value is -7.66. The molecule has 0 aliphatic carbocycles. The lowest BCUT2D eigenvalue weighted by Crippen LogP contribution is -2.48. The molecule has 0 saturated heterocycles. The molecule has 10 nitrogen and oxygen atoms in total. The fourth-order valence-corrected chi connectivity index (χ4v) is 8.95. The molecule has 8 aromatic carbocycles. The van der Waals surface area contributed by atoms with Crippen LogP contribution in [-0.2, 0) is 20.8 Å². The van der Waals surface area contributed by atoms with E-state index in [2.05, 4.69) is 10.6 Å². The Morgan fingerprint density at radius 2 is 0.692 bits per heavy atom. The summed E-state index contributed by atoms with van der Waals surface area (Å²) in [7, 11) is 6.05. The lowest BCUT2D eigenvalue weighted by atomic mass is 9.75. The summed E-state index contributed by atoms with van der Waals surface area (Å²) in [6, 6.07) is 52.7. The molecule has 0 saturated carbocycles. The maximum absolute atomic E-state index is 14.8. The van der Waals surface area contributed by atoms with Crippen molar-refractivity contribution in [2.24, 2.45) is 0 Å². The molecule has 0 radical (unpaired) electrons. The van der Waals surface area contributed by atoms with Gasteiger partial charge in [-0.3, -0.25) is 9.59 Å². The van der Waals surface area contributed by atoms with Crippen molar-refractivity contribution in [3.05, 3.63) is 215 Å². The summed E-state index contributed by atoms with van der Waals surface area (Å²) in [5.41, 5.74) is -1.56. The average Bonchev–Trinajstić information content (AvgIpc) is 3.36. The van der Waals surface area contributed by atoms with Crippen LogP contribution in [0, 0.1) is 0 Å². The highest BCUT2D eigenvalue weighted by Gasteiger charge is 2.48. The van der Waals surface area contributed by atoms with Gasteiger partial charge in [0.2, 0.25) is 11.8 Å². The number of amides is 2. The number of carbonyl (C=O) groups is 2. The highest BCUT2D eigenvalue weighted by Crippen LogP contribution is 2.50. The van der Waals surface area contributed by atoms with Gasteiger partial charge in [-0.05, 0) is 69.1 Å². The minimum atomic E-state index is -2.03. The van der Waals surface area contributed by atoms with Gasteiger partial charge in [-0.15, -0.1) is 0 Å². The van der Waals surface area contributed by atoms with Crippen LogP contribution in [0.4, 0.5) is 0 Å². The zero-order valence-corrected chi connectivity index (χ0v) is 36.5. The maximum Gasteiger partial charge on any atom is 0.230 e. The van der Waals surface area contributed by atoms with E-state index in [9.17, 15) is 19.8 Å². The van der Waals surface area contributed by atoms with Crippen molar-refractivity contribution in [2.45, 2.75) is 29.7 Å². The van der Waals surface area contributed by atoms with Gasteiger partial charge in [0.1, 0.15) is 40.6 Å². The molecule has 0 fully saturated rings. The maximum atomic E-state index is 14.8. The van der Waals surface area contributed by atoms with Crippen molar-refractivity contribution in [2.75, 3.05) is 28.4 Å². The first-order valence-corrected chi connectivity index (χ1v) is 21.2. The average molecular weight is 867 g/mol. The third-order valence-electron chi connectivity index (χ3n) is 12.1. The van der Waals surface area contributed by atoms with Crippen molar-refractivity contribution in [1.29, 1.82) is 0 Å². The van der Waals surface area contributed by atoms with E-state index in [1.165, 1.54) is 28.4 Å². The molecular formula is C55H50N2O8. The number of aliphatic hydroxyl groups is 2. The Morgan fingerprint density at radius 3 is 1.00 bits per heavy atom. The van der Waals surface area contributed by atoms with Gasteiger partial charge in [0, 0.05) is 22.3 Å². The summed E-state index contributed by atoms with van der Waals surface area (Å²) in [6.07, 6.45) is -0.698. The smallest absolute Gasteiger partial charge is 0.230 e. The number of hydrogen-bond donors (Lipinski definition) is 4. The van der Waals surface area contributed by atoms with Gasteiger partial charge in [0.05, 0.1) is 40.5 Å². The number of nitrogens with one attached hydrogen (secondary N) is 2. The molecule has 328 valence electrons. The number of hydrogen-bond acceptors (Lipinski definition) is 8. The molecule has 2 amide bonds. The highest BCUT2D eigenvalue weighted by atomic mass is 16.5. The lowest BCUT2D eigenvalue weighted by Gasteiger charge is -2.40. The Labute approximate surface area is 378 Å². The first kappa shape index (κ1) is 44.0. The molecule has 0 spiro atoms. The van der Waals surface area contributed by atoms with E-state index in [0.717, 1.165) is 21.5 Å². The molecular weight excluding hydrogens is 817 g/mol. The monoisotopic (exact) mass is 866 g/mol. The van der Waals surface area contributed by atoms with Crippen molar-refractivity contribution in [3.63, 3.8) is 0 Å². The molecule has 0 unspecified atom stereocenters. The standard InChI is InChI=1S/C55H50N2O8/c1-62-46-25-13-9-21-42(46)54(60,43-22-10-14-26-47(43)63-2)52(40-31-29-36-17-5-7-19-38(36)33-40)56-50(58)35-51(59)57-53(41-32-30-37-18-6-8-20-39(37)34-41)55(61,44-23-11-15-27-48(44)64-3)45-24-12-16-28-49(45)65-4/h5-34,52-53,60-61H,35H2,1-4H3,(H,56,58)(H,57,59)/t52-,53-/m1/s1. The van der Waals surface area contributed by atoms with E-state index in [4.69, 9.17) is 18.9 Å². The summed E-state index contributed by atoms with van der Waals surface area (Å²) in [6.45, 7) is 0. The van der Waals surface area contributed by atoms with Crippen LogP contribution in [0.5, 0.6) is 23.0 Å². The number of rotatable bonds is 16. The van der Waals surface area contributed by atoms with Crippen molar-refractivity contribution >= 4 is 33.4 Å². The van der Waals surface area contributed by atoms with Crippen molar-refractivity contribution in [1.82, 2.24) is 10.6 Å². The summed E-state index contributed by atoms with van der Waals surface area (Å²) in [5, 5.41) is 36.9. The Kier molecular flexibility index (Phi) is 12.8. The van der Waals surface area contributed by atoms with E-state index < -0.39 is 41.5 Å². The lowest BCUT2D eigenvalue weighted by molar-refractivity contribution is -0.132. The van der Waals surface area contributed by atoms with E-state index in [-0.39, 0.29) is 0 Å². The van der Waals surface area contributed by atoms with Crippen LogP contribution in [0.15, 0.2) is 182 Å².